The molecule has 1 heterocycles. The second kappa shape index (κ2) is 8.41. The molecule has 0 bridgehead atoms. The summed E-state index contributed by atoms with van der Waals surface area (Å²) < 4.78 is 35.8. The van der Waals surface area contributed by atoms with Crippen molar-refractivity contribution in [2.24, 2.45) is 0 Å². The van der Waals surface area contributed by atoms with Gasteiger partial charge in [0.25, 0.3) is 0 Å². The van der Waals surface area contributed by atoms with Crippen molar-refractivity contribution in [2.45, 2.75) is 65.2 Å². The number of alkyl halides is 1. The third kappa shape index (κ3) is 4.70. The maximum atomic E-state index is 13.4. The van der Waals surface area contributed by atoms with Gasteiger partial charge in [-0.3, -0.25) is 4.31 Å². The van der Waals surface area contributed by atoms with Gasteiger partial charge in [0.1, 0.15) is 0 Å². The second-order valence-corrected chi connectivity index (χ2v) is 12.7. The molecular formula is C19H32ClN2O3SSi. The first-order chi connectivity index (χ1) is 12.4. The molecule has 1 aliphatic heterocycles. The first kappa shape index (κ1) is 22.7. The summed E-state index contributed by atoms with van der Waals surface area (Å²) >= 11 is 5.95. The van der Waals surface area contributed by atoms with Crippen LogP contribution in [-0.4, -0.2) is 46.8 Å². The highest BCUT2D eigenvalue weighted by Gasteiger charge is 2.44. The van der Waals surface area contributed by atoms with Crippen LogP contribution in [0, 0.1) is 0 Å². The fourth-order valence-electron chi connectivity index (χ4n) is 3.40. The molecular weight excluding hydrogens is 400 g/mol. The third-order valence-corrected chi connectivity index (χ3v) is 7.76. The second-order valence-electron chi connectivity index (χ2n) is 8.45. The summed E-state index contributed by atoms with van der Waals surface area (Å²) in [6.07, 6.45) is 0. The van der Waals surface area contributed by atoms with Crippen molar-refractivity contribution in [3.8, 4) is 0 Å². The highest BCUT2D eigenvalue weighted by Crippen LogP contribution is 2.43. The predicted molar refractivity (Wildman–Crippen MR) is 115 cm³/mol. The SMILES string of the molecule is CC(C)N1C(CO[Si](C)C)c2cc(C(C)(C)C)ccc2N(CCCl)S1(=O)=O. The Bertz CT molecular complexity index is 763. The molecule has 1 aromatic carbocycles. The standard InChI is InChI=1S/C19H32ClN2O3SSi/c1-14(2)22-18(13-25-27(6)7)16-12-15(19(3,4)5)8-9-17(16)21(11-10-20)26(22,23)24/h8-9,12,14,18H,10-11,13H2,1-7H3. The van der Waals surface area contributed by atoms with Crippen LogP contribution in [0.15, 0.2) is 18.2 Å². The van der Waals surface area contributed by atoms with Gasteiger partial charge in [-0.25, -0.2) is 0 Å². The number of fused-ring (bicyclic) bond motifs is 1. The number of hydrogen-bond donors (Lipinski definition) is 0. The van der Waals surface area contributed by atoms with Gasteiger partial charge >= 0.3 is 10.2 Å². The van der Waals surface area contributed by atoms with Crippen molar-refractivity contribution in [2.75, 3.05) is 23.3 Å². The molecule has 0 amide bonds. The molecule has 1 atom stereocenters. The van der Waals surface area contributed by atoms with Crippen molar-refractivity contribution in [3.05, 3.63) is 29.3 Å². The molecule has 1 aliphatic rings. The quantitative estimate of drug-likeness (QED) is 0.498. The van der Waals surface area contributed by atoms with Crippen molar-refractivity contribution in [1.82, 2.24) is 4.31 Å². The summed E-state index contributed by atoms with van der Waals surface area (Å²) in [5, 5.41) is 0. The molecule has 0 saturated carbocycles. The van der Waals surface area contributed by atoms with Gasteiger partial charge in [0, 0.05) is 18.5 Å². The Morgan fingerprint density at radius 1 is 1.26 bits per heavy atom. The molecule has 0 saturated heterocycles. The molecule has 5 nitrogen and oxygen atoms in total. The van der Waals surface area contributed by atoms with Crippen LogP contribution in [0.5, 0.6) is 0 Å². The number of anilines is 1. The van der Waals surface area contributed by atoms with E-state index in [0.29, 0.717) is 6.61 Å². The topological polar surface area (TPSA) is 49.9 Å². The molecule has 2 rings (SSSR count). The van der Waals surface area contributed by atoms with Crippen LogP contribution >= 0.6 is 11.6 Å². The average molecular weight is 432 g/mol. The van der Waals surface area contributed by atoms with E-state index in [0.717, 1.165) is 11.3 Å². The summed E-state index contributed by atoms with van der Waals surface area (Å²) in [5.74, 6) is 0.240. The van der Waals surface area contributed by atoms with Crippen LogP contribution in [-0.2, 0) is 20.1 Å². The molecule has 27 heavy (non-hydrogen) atoms. The van der Waals surface area contributed by atoms with Crippen LogP contribution in [0.3, 0.4) is 0 Å². The van der Waals surface area contributed by atoms with Crippen LogP contribution < -0.4 is 4.31 Å². The van der Waals surface area contributed by atoms with Gasteiger partial charge in [-0.05, 0) is 49.5 Å². The van der Waals surface area contributed by atoms with Crippen molar-refractivity contribution < 1.29 is 12.8 Å². The van der Waals surface area contributed by atoms with Gasteiger partial charge in [0.05, 0.1) is 18.3 Å². The highest BCUT2D eigenvalue weighted by atomic mass is 35.5. The van der Waals surface area contributed by atoms with E-state index in [4.69, 9.17) is 16.0 Å². The van der Waals surface area contributed by atoms with Crippen LogP contribution in [0.25, 0.3) is 0 Å². The number of benzene rings is 1. The smallest absolute Gasteiger partial charge is 0.305 e. The lowest BCUT2D eigenvalue weighted by atomic mass is 9.85. The lowest BCUT2D eigenvalue weighted by molar-refractivity contribution is 0.181. The predicted octanol–water partition coefficient (Wildman–Crippen LogP) is 4.31. The van der Waals surface area contributed by atoms with Gasteiger partial charge in [0.15, 0.2) is 0 Å². The van der Waals surface area contributed by atoms with E-state index >= 15 is 0 Å². The first-order valence-electron chi connectivity index (χ1n) is 9.35. The summed E-state index contributed by atoms with van der Waals surface area (Å²) in [7, 11) is -4.61. The van der Waals surface area contributed by atoms with E-state index in [-0.39, 0.29) is 29.9 Å². The van der Waals surface area contributed by atoms with Gasteiger partial charge in [0.2, 0.25) is 9.04 Å². The highest BCUT2D eigenvalue weighted by molar-refractivity contribution is 7.90. The minimum Gasteiger partial charge on any atom is -0.415 e. The Balaban J connectivity index is 2.70. The Morgan fingerprint density at radius 3 is 2.37 bits per heavy atom. The Hall–Kier alpha value is -0.603. The Kier molecular flexibility index (Phi) is 7.07. The van der Waals surface area contributed by atoms with E-state index in [1.165, 1.54) is 9.87 Å². The zero-order valence-corrected chi connectivity index (χ0v) is 20.0. The van der Waals surface area contributed by atoms with E-state index in [1.54, 1.807) is 4.31 Å². The Labute approximate surface area is 171 Å². The number of halogens is 1. The zero-order valence-electron chi connectivity index (χ0n) is 17.4. The van der Waals surface area contributed by atoms with Gasteiger partial charge < -0.3 is 4.43 Å². The fraction of sp³-hybridized carbons (Fsp3) is 0.684. The summed E-state index contributed by atoms with van der Waals surface area (Å²) in [5.41, 5.74) is 2.87. The molecule has 1 unspecified atom stereocenters. The van der Waals surface area contributed by atoms with Crippen molar-refractivity contribution >= 4 is 36.5 Å². The van der Waals surface area contributed by atoms with Crippen LogP contribution in [0.1, 0.15) is 51.8 Å². The molecule has 0 N–H and O–H groups in total. The molecule has 0 aliphatic carbocycles. The largest absolute Gasteiger partial charge is 0.415 e. The summed E-state index contributed by atoms with van der Waals surface area (Å²) in [6.45, 7) is 15.0. The summed E-state index contributed by atoms with van der Waals surface area (Å²) in [4.78, 5) is 0. The number of nitrogens with zero attached hydrogens (tertiary/aromatic N) is 2. The van der Waals surface area contributed by atoms with E-state index in [1.807, 2.05) is 26.0 Å². The molecule has 8 heteroatoms. The van der Waals surface area contributed by atoms with E-state index in [9.17, 15) is 8.42 Å². The minimum atomic E-state index is -3.67. The molecule has 0 spiro atoms. The third-order valence-electron chi connectivity index (χ3n) is 4.70. The van der Waals surface area contributed by atoms with E-state index < -0.39 is 19.2 Å². The monoisotopic (exact) mass is 431 g/mol. The normalized spacial score (nSPS) is 20.4. The fourth-order valence-corrected chi connectivity index (χ4v) is 6.15. The number of hydrogen-bond acceptors (Lipinski definition) is 3. The maximum Gasteiger partial charge on any atom is 0.305 e. The van der Waals surface area contributed by atoms with Gasteiger partial charge in [-0.15, -0.1) is 11.6 Å². The Morgan fingerprint density at radius 2 is 1.89 bits per heavy atom. The minimum absolute atomic E-state index is 0.0266. The van der Waals surface area contributed by atoms with Gasteiger partial charge in [-0.2, -0.15) is 12.7 Å². The molecule has 153 valence electrons. The number of rotatable bonds is 6. The van der Waals surface area contributed by atoms with Gasteiger partial charge in [-0.1, -0.05) is 32.9 Å². The molecule has 1 radical (unpaired) electrons. The van der Waals surface area contributed by atoms with Crippen molar-refractivity contribution in [3.63, 3.8) is 0 Å². The van der Waals surface area contributed by atoms with Crippen LogP contribution in [0.2, 0.25) is 13.1 Å². The summed E-state index contributed by atoms with van der Waals surface area (Å²) in [6, 6.07) is 5.57. The maximum absolute atomic E-state index is 13.4. The average Bonchev–Trinajstić information content (AvgIpc) is 2.53. The molecule has 0 fully saturated rings. The lowest BCUT2D eigenvalue weighted by Gasteiger charge is -2.44. The lowest BCUT2D eigenvalue weighted by Crippen LogP contribution is -2.54. The molecule has 1 aromatic rings. The zero-order chi connectivity index (χ0) is 20.6. The first-order valence-corrected chi connectivity index (χ1v) is 13.7. The van der Waals surface area contributed by atoms with Crippen LogP contribution in [0.4, 0.5) is 5.69 Å². The molecule has 0 aromatic heterocycles. The van der Waals surface area contributed by atoms with E-state index in [2.05, 4.69) is 39.9 Å². The van der Waals surface area contributed by atoms with Crippen molar-refractivity contribution in [1.29, 1.82) is 0 Å².